The fourth-order valence-electron chi connectivity index (χ4n) is 2.31. The van der Waals surface area contributed by atoms with E-state index in [1.165, 1.54) is 25.7 Å². The van der Waals surface area contributed by atoms with E-state index in [0.29, 0.717) is 18.0 Å². The van der Waals surface area contributed by atoms with Crippen LogP contribution < -0.4 is 11.1 Å². The second kappa shape index (κ2) is 5.54. The Bertz CT molecular complexity index is 414. The van der Waals surface area contributed by atoms with Crippen LogP contribution in [0.5, 0.6) is 0 Å². The second-order valence-electron chi connectivity index (χ2n) is 4.64. The van der Waals surface area contributed by atoms with E-state index >= 15 is 0 Å². The lowest BCUT2D eigenvalue weighted by Gasteiger charge is -2.10. The van der Waals surface area contributed by atoms with E-state index in [1.54, 1.807) is 6.07 Å². The Morgan fingerprint density at radius 3 is 2.76 bits per heavy atom. The molecule has 1 aliphatic carbocycles. The molecular formula is C13H17BrN2O. The minimum atomic E-state index is 0.0959. The number of nitrogens with one attached hydrogen (secondary N) is 1. The van der Waals surface area contributed by atoms with E-state index in [4.69, 9.17) is 5.73 Å². The van der Waals surface area contributed by atoms with Crippen LogP contribution >= 0.6 is 15.9 Å². The molecule has 0 bridgehead atoms. The van der Waals surface area contributed by atoms with Crippen LogP contribution in [0.3, 0.4) is 0 Å². The predicted molar refractivity (Wildman–Crippen MR) is 73.8 cm³/mol. The average Bonchev–Trinajstić information content (AvgIpc) is 2.76. The third kappa shape index (κ3) is 3.46. The van der Waals surface area contributed by atoms with Gasteiger partial charge in [0.15, 0.2) is 0 Å². The zero-order chi connectivity index (χ0) is 12.3. The average molecular weight is 297 g/mol. The topological polar surface area (TPSA) is 55.1 Å². The molecule has 3 N–H and O–H groups in total. The molecule has 0 heterocycles. The molecule has 0 saturated heterocycles. The number of amides is 1. The summed E-state index contributed by atoms with van der Waals surface area (Å²) in [6.07, 6.45) is 5.55. The normalized spacial score (nSPS) is 16.1. The molecule has 92 valence electrons. The van der Waals surface area contributed by atoms with Gasteiger partial charge in [0.2, 0.25) is 5.91 Å². The Labute approximate surface area is 110 Å². The van der Waals surface area contributed by atoms with Gasteiger partial charge in [-0.25, -0.2) is 0 Å². The minimum absolute atomic E-state index is 0.0959. The minimum Gasteiger partial charge on any atom is -0.398 e. The molecule has 0 spiro atoms. The van der Waals surface area contributed by atoms with Gasteiger partial charge in [-0.15, -0.1) is 0 Å². The van der Waals surface area contributed by atoms with Crippen LogP contribution in [-0.4, -0.2) is 5.91 Å². The van der Waals surface area contributed by atoms with Crippen LogP contribution in [0.2, 0.25) is 0 Å². The largest absolute Gasteiger partial charge is 0.398 e. The SMILES string of the molecule is Nc1cc(NC(=O)CC2CCCC2)ccc1Br. The number of carbonyl (C=O) groups excluding carboxylic acids is 1. The zero-order valence-corrected chi connectivity index (χ0v) is 11.3. The van der Waals surface area contributed by atoms with E-state index < -0.39 is 0 Å². The van der Waals surface area contributed by atoms with Gasteiger partial charge in [-0.3, -0.25) is 4.79 Å². The summed E-state index contributed by atoms with van der Waals surface area (Å²) in [7, 11) is 0. The fourth-order valence-corrected chi connectivity index (χ4v) is 2.56. The van der Waals surface area contributed by atoms with Gasteiger partial charge < -0.3 is 11.1 Å². The maximum absolute atomic E-state index is 11.8. The van der Waals surface area contributed by atoms with Crippen molar-refractivity contribution in [1.82, 2.24) is 0 Å². The highest BCUT2D eigenvalue weighted by molar-refractivity contribution is 9.10. The van der Waals surface area contributed by atoms with Gasteiger partial charge >= 0.3 is 0 Å². The molecule has 2 rings (SSSR count). The Kier molecular flexibility index (Phi) is 4.05. The summed E-state index contributed by atoms with van der Waals surface area (Å²) < 4.78 is 0.853. The van der Waals surface area contributed by atoms with Crippen molar-refractivity contribution < 1.29 is 4.79 Å². The molecule has 0 aromatic heterocycles. The van der Waals surface area contributed by atoms with Crippen molar-refractivity contribution >= 4 is 33.2 Å². The van der Waals surface area contributed by atoms with E-state index in [1.807, 2.05) is 12.1 Å². The summed E-state index contributed by atoms with van der Waals surface area (Å²) in [5.41, 5.74) is 7.18. The van der Waals surface area contributed by atoms with Gasteiger partial charge in [0, 0.05) is 22.3 Å². The predicted octanol–water partition coefficient (Wildman–Crippen LogP) is 3.55. The molecule has 1 aromatic rings. The number of halogens is 1. The molecule has 1 fully saturated rings. The summed E-state index contributed by atoms with van der Waals surface area (Å²) in [5, 5.41) is 2.90. The van der Waals surface area contributed by atoms with Crippen molar-refractivity contribution in [3.05, 3.63) is 22.7 Å². The van der Waals surface area contributed by atoms with Crippen LogP contribution in [0.15, 0.2) is 22.7 Å². The Hall–Kier alpha value is -1.03. The maximum atomic E-state index is 11.8. The van der Waals surface area contributed by atoms with Crippen LogP contribution in [-0.2, 0) is 4.79 Å². The highest BCUT2D eigenvalue weighted by Crippen LogP contribution is 2.28. The lowest BCUT2D eigenvalue weighted by Crippen LogP contribution is -2.15. The molecule has 0 radical (unpaired) electrons. The highest BCUT2D eigenvalue weighted by atomic mass is 79.9. The summed E-state index contributed by atoms with van der Waals surface area (Å²) in [4.78, 5) is 11.8. The molecular weight excluding hydrogens is 280 g/mol. The van der Waals surface area contributed by atoms with Crippen LogP contribution in [0.4, 0.5) is 11.4 Å². The quantitative estimate of drug-likeness (QED) is 0.838. The summed E-state index contributed by atoms with van der Waals surface area (Å²) in [5.74, 6) is 0.668. The standard InChI is InChI=1S/C13H17BrN2O/c14-11-6-5-10(8-12(11)15)16-13(17)7-9-3-1-2-4-9/h5-6,8-9H,1-4,7,15H2,(H,16,17). The van der Waals surface area contributed by atoms with Crippen molar-refractivity contribution in [3.8, 4) is 0 Å². The van der Waals surface area contributed by atoms with Crippen LogP contribution in [0.25, 0.3) is 0 Å². The summed E-state index contributed by atoms with van der Waals surface area (Å²) in [6.45, 7) is 0. The summed E-state index contributed by atoms with van der Waals surface area (Å²) >= 11 is 3.33. The molecule has 4 heteroatoms. The molecule has 17 heavy (non-hydrogen) atoms. The van der Waals surface area contributed by atoms with E-state index in [9.17, 15) is 4.79 Å². The number of anilines is 2. The zero-order valence-electron chi connectivity index (χ0n) is 9.71. The van der Waals surface area contributed by atoms with Gasteiger partial charge in [-0.05, 0) is 52.9 Å². The number of hydrogen-bond acceptors (Lipinski definition) is 2. The maximum Gasteiger partial charge on any atom is 0.224 e. The molecule has 1 amide bonds. The van der Waals surface area contributed by atoms with Crippen molar-refractivity contribution in [2.24, 2.45) is 5.92 Å². The number of hydrogen-bond donors (Lipinski definition) is 2. The molecule has 1 aromatic carbocycles. The van der Waals surface area contributed by atoms with E-state index in [-0.39, 0.29) is 5.91 Å². The first-order chi connectivity index (χ1) is 8.15. The van der Waals surface area contributed by atoms with E-state index in [2.05, 4.69) is 21.2 Å². The van der Waals surface area contributed by atoms with Crippen LogP contribution in [0.1, 0.15) is 32.1 Å². The lowest BCUT2D eigenvalue weighted by molar-refractivity contribution is -0.117. The number of rotatable bonds is 3. The van der Waals surface area contributed by atoms with Crippen molar-refractivity contribution in [2.45, 2.75) is 32.1 Å². The first-order valence-electron chi connectivity index (χ1n) is 6.00. The second-order valence-corrected chi connectivity index (χ2v) is 5.49. The van der Waals surface area contributed by atoms with Crippen molar-refractivity contribution in [3.63, 3.8) is 0 Å². The monoisotopic (exact) mass is 296 g/mol. The molecule has 1 aliphatic rings. The smallest absolute Gasteiger partial charge is 0.224 e. The molecule has 0 unspecified atom stereocenters. The van der Waals surface area contributed by atoms with E-state index in [0.717, 1.165) is 10.2 Å². The number of benzene rings is 1. The van der Waals surface area contributed by atoms with Crippen molar-refractivity contribution in [1.29, 1.82) is 0 Å². The van der Waals surface area contributed by atoms with Crippen molar-refractivity contribution in [2.75, 3.05) is 11.1 Å². The van der Waals surface area contributed by atoms with Gasteiger partial charge in [0.05, 0.1) is 0 Å². The van der Waals surface area contributed by atoms with Gasteiger partial charge in [0.1, 0.15) is 0 Å². The molecule has 0 aliphatic heterocycles. The van der Waals surface area contributed by atoms with Crippen LogP contribution in [0, 0.1) is 5.92 Å². The van der Waals surface area contributed by atoms with Gasteiger partial charge in [-0.2, -0.15) is 0 Å². The number of nitrogen functional groups attached to an aromatic ring is 1. The third-order valence-electron chi connectivity index (χ3n) is 3.23. The Morgan fingerprint density at radius 1 is 1.41 bits per heavy atom. The Morgan fingerprint density at radius 2 is 2.12 bits per heavy atom. The van der Waals surface area contributed by atoms with Gasteiger partial charge in [0.25, 0.3) is 0 Å². The molecule has 3 nitrogen and oxygen atoms in total. The third-order valence-corrected chi connectivity index (χ3v) is 3.95. The summed E-state index contributed by atoms with van der Waals surface area (Å²) in [6, 6.07) is 5.48. The number of nitrogens with two attached hydrogens (primary N) is 1. The molecule has 1 saturated carbocycles. The first-order valence-corrected chi connectivity index (χ1v) is 6.79. The number of carbonyl (C=O) groups is 1. The first kappa shape index (κ1) is 12.4. The fraction of sp³-hybridized carbons (Fsp3) is 0.462. The lowest BCUT2D eigenvalue weighted by atomic mass is 10.0. The highest BCUT2D eigenvalue weighted by Gasteiger charge is 2.18. The Balaban J connectivity index is 1.90. The molecule has 0 atom stereocenters. The van der Waals surface area contributed by atoms with Gasteiger partial charge in [-0.1, -0.05) is 12.8 Å².